The highest BCUT2D eigenvalue weighted by Crippen LogP contribution is 2.16. The van der Waals surface area contributed by atoms with Gasteiger partial charge in [-0.05, 0) is 20.0 Å². The van der Waals surface area contributed by atoms with E-state index in [0.717, 1.165) is 5.56 Å². The summed E-state index contributed by atoms with van der Waals surface area (Å²) in [6.45, 7) is 2.96. The molecule has 0 aliphatic rings. The summed E-state index contributed by atoms with van der Waals surface area (Å²) in [5.74, 6) is -0.555. The van der Waals surface area contributed by atoms with Gasteiger partial charge in [-0.2, -0.15) is 0 Å². The molecule has 6 heteroatoms. The molecule has 18 heavy (non-hydrogen) atoms. The number of likely N-dealkylation sites (N-methyl/N-ethyl adjacent to an activating group) is 1. The molecule has 0 radical (unpaired) electrons. The first-order valence-corrected chi connectivity index (χ1v) is 5.62. The molecule has 2 N–H and O–H groups in total. The van der Waals surface area contributed by atoms with Gasteiger partial charge in [-0.25, -0.2) is 4.79 Å². The number of furan rings is 1. The molecule has 0 saturated heterocycles. The van der Waals surface area contributed by atoms with E-state index in [4.69, 9.17) is 14.3 Å². The Morgan fingerprint density at radius 3 is 2.78 bits per heavy atom. The Morgan fingerprint density at radius 2 is 2.28 bits per heavy atom. The van der Waals surface area contributed by atoms with Crippen molar-refractivity contribution in [2.75, 3.05) is 27.3 Å². The van der Waals surface area contributed by atoms with Gasteiger partial charge in [0.1, 0.15) is 5.76 Å². The van der Waals surface area contributed by atoms with Crippen LogP contribution in [0, 0.1) is 6.92 Å². The SMILES string of the molecule is COCC(O)CN(C)Cc1cc(C(=O)O)oc1C. The van der Waals surface area contributed by atoms with E-state index in [-0.39, 0.29) is 12.4 Å². The number of nitrogens with zero attached hydrogens (tertiary/aromatic N) is 1. The van der Waals surface area contributed by atoms with Crippen LogP contribution in [0.4, 0.5) is 0 Å². The number of aliphatic hydroxyl groups excluding tert-OH is 1. The first-order valence-electron chi connectivity index (χ1n) is 5.62. The van der Waals surface area contributed by atoms with Gasteiger partial charge in [-0.3, -0.25) is 4.90 Å². The monoisotopic (exact) mass is 257 g/mol. The second-order valence-electron chi connectivity index (χ2n) is 4.30. The lowest BCUT2D eigenvalue weighted by molar-refractivity contribution is 0.0418. The fourth-order valence-electron chi connectivity index (χ4n) is 1.74. The molecule has 102 valence electrons. The quantitative estimate of drug-likeness (QED) is 0.749. The largest absolute Gasteiger partial charge is 0.475 e. The van der Waals surface area contributed by atoms with E-state index in [1.54, 1.807) is 6.92 Å². The Kier molecular flexibility index (Phi) is 5.33. The molecule has 0 aliphatic heterocycles. The number of carbonyl (C=O) groups is 1. The molecule has 0 aromatic carbocycles. The maximum absolute atomic E-state index is 10.8. The smallest absolute Gasteiger partial charge is 0.371 e. The summed E-state index contributed by atoms with van der Waals surface area (Å²) >= 11 is 0. The summed E-state index contributed by atoms with van der Waals surface area (Å²) < 4.78 is 9.96. The van der Waals surface area contributed by atoms with Gasteiger partial charge in [0.2, 0.25) is 5.76 Å². The van der Waals surface area contributed by atoms with Crippen molar-refractivity contribution in [3.63, 3.8) is 0 Å². The highest BCUT2D eigenvalue weighted by molar-refractivity contribution is 5.84. The minimum atomic E-state index is -1.08. The Bertz CT molecular complexity index is 401. The molecule has 0 bridgehead atoms. The summed E-state index contributed by atoms with van der Waals surface area (Å²) in [4.78, 5) is 12.6. The molecule has 0 amide bonds. The molecule has 0 spiro atoms. The van der Waals surface area contributed by atoms with Gasteiger partial charge in [0.05, 0.1) is 12.7 Å². The first-order chi connectivity index (χ1) is 8.43. The second-order valence-corrected chi connectivity index (χ2v) is 4.30. The van der Waals surface area contributed by atoms with Crippen molar-refractivity contribution in [1.82, 2.24) is 4.90 Å². The predicted octanol–water partition coefficient (Wildman–Crippen LogP) is 0.725. The molecular weight excluding hydrogens is 238 g/mol. The lowest BCUT2D eigenvalue weighted by atomic mass is 10.2. The summed E-state index contributed by atoms with van der Waals surface area (Å²) in [5, 5.41) is 18.4. The van der Waals surface area contributed by atoms with Gasteiger partial charge in [0.25, 0.3) is 0 Å². The fourth-order valence-corrected chi connectivity index (χ4v) is 1.74. The number of carboxylic acid groups (broad SMARTS) is 1. The molecule has 0 fully saturated rings. The number of hydrogen-bond acceptors (Lipinski definition) is 5. The maximum atomic E-state index is 10.8. The third-order valence-electron chi connectivity index (χ3n) is 2.55. The topological polar surface area (TPSA) is 83.1 Å². The summed E-state index contributed by atoms with van der Waals surface area (Å²) in [7, 11) is 3.37. The molecular formula is C12H19NO5. The number of aromatic carboxylic acids is 1. The minimum Gasteiger partial charge on any atom is -0.475 e. The van der Waals surface area contributed by atoms with Gasteiger partial charge >= 0.3 is 5.97 Å². The van der Waals surface area contributed by atoms with Crippen molar-refractivity contribution in [2.45, 2.75) is 19.6 Å². The summed E-state index contributed by atoms with van der Waals surface area (Å²) in [6, 6.07) is 1.51. The van der Waals surface area contributed by atoms with Gasteiger partial charge in [0.15, 0.2) is 0 Å². The second kappa shape index (κ2) is 6.53. The lowest BCUT2D eigenvalue weighted by Crippen LogP contribution is -2.31. The first kappa shape index (κ1) is 14.7. The van der Waals surface area contributed by atoms with Gasteiger partial charge < -0.3 is 19.4 Å². The Hall–Kier alpha value is -1.37. The van der Waals surface area contributed by atoms with Crippen LogP contribution in [0.25, 0.3) is 0 Å². The standard InChI is InChI=1S/C12H19NO5/c1-8-9(4-11(18-8)12(15)16)5-13(2)6-10(14)7-17-3/h4,10,14H,5-7H2,1-3H3,(H,15,16). The van der Waals surface area contributed by atoms with E-state index >= 15 is 0 Å². The molecule has 1 aromatic rings. The third-order valence-corrected chi connectivity index (χ3v) is 2.55. The number of carboxylic acids is 1. The molecule has 1 heterocycles. The maximum Gasteiger partial charge on any atom is 0.371 e. The summed E-state index contributed by atoms with van der Waals surface area (Å²) in [5.41, 5.74) is 0.805. The molecule has 1 atom stereocenters. The van der Waals surface area contributed by atoms with Crippen LogP contribution < -0.4 is 0 Å². The minimum absolute atomic E-state index is 0.0617. The Labute approximate surface area is 106 Å². The van der Waals surface area contributed by atoms with Crippen molar-refractivity contribution in [1.29, 1.82) is 0 Å². The van der Waals surface area contributed by atoms with Crippen molar-refractivity contribution in [3.8, 4) is 0 Å². The normalized spacial score (nSPS) is 12.9. The van der Waals surface area contributed by atoms with Gasteiger partial charge in [-0.1, -0.05) is 0 Å². The third kappa shape index (κ3) is 4.14. The molecule has 1 unspecified atom stereocenters. The fraction of sp³-hybridized carbons (Fsp3) is 0.583. The van der Waals surface area contributed by atoms with E-state index in [1.807, 2.05) is 11.9 Å². The van der Waals surface area contributed by atoms with Crippen molar-refractivity contribution in [3.05, 3.63) is 23.2 Å². The molecule has 1 rings (SSSR count). The molecule has 6 nitrogen and oxygen atoms in total. The van der Waals surface area contributed by atoms with E-state index in [1.165, 1.54) is 13.2 Å². The lowest BCUT2D eigenvalue weighted by Gasteiger charge is -2.19. The highest BCUT2D eigenvalue weighted by Gasteiger charge is 2.15. The van der Waals surface area contributed by atoms with Crippen LogP contribution in [0.5, 0.6) is 0 Å². The number of methoxy groups -OCH3 is 1. The summed E-state index contributed by atoms with van der Waals surface area (Å²) in [6.07, 6.45) is -0.564. The van der Waals surface area contributed by atoms with E-state index < -0.39 is 12.1 Å². The van der Waals surface area contributed by atoms with Crippen LogP contribution >= 0.6 is 0 Å². The van der Waals surface area contributed by atoms with Crippen molar-refractivity contribution in [2.24, 2.45) is 0 Å². The predicted molar refractivity (Wildman–Crippen MR) is 64.6 cm³/mol. The van der Waals surface area contributed by atoms with Crippen LogP contribution in [0.2, 0.25) is 0 Å². The zero-order valence-electron chi connectivity index (χ0n) is 10.8. The van der Waals surface area contributed by atoms with Crippen LogP contribution in [-0.4, -0.2) is 54.5 Å². The van der Waals surface area contributed by atoms with E-state index in [9.17, 15) is 9.90 Å². The molecule has 0 aliphatic carbocycles. The number of aliphatic hydroxyl groups is 1. The van der Waals surface area contributed by atoms with E-state index in [0.29, 0.717) is 18.8 Å². The van der Waals surface area contributed by atoms with Gasteiger partial charge in [-0.15, -0.1) is 0 Å². The number of aryl methyl sites for hydroxylation is 1. The van der Waals surface area contributed by atoms with Crippen LogP contribution in [0.3, 0.4) is 0 Å². The van der Waals surface area contributed by atoms with Crippen LogP contribution in [-0.2, 0) is 11.3 Å². The number of rotatable bonds is 7. The van der Waals surface area contributed by atoms with E-state index in [2.05, 4.69) is 0 Å². The van der Waals surface area contributed by atoms with Crippen molar-refractivity contribution < 1.29 is 24.2 Å². The van der Waals surface area contributed by atoms with Crippen molar-refractivity contribution >= 4 is 5.97 Å². The highest BCUT2D eigenvalue weighted by atomic mass is 16.5. The molecule has 1 aromatic heterocycles. The van der Waals surface area contributed by atoms with Crippen LogP contribution in [0.1, 0.15) is 21.9 Å². The zero-order valence-corrected chi connectivity index (χ0v) is 10.8. The van der Waals surface area contributed by atoms with Crippen LogP contribution in [0.15, 0.2) is 10.5 Å². The van der Waals surface area contributed by atoms with Gasteiger partial charge in [0, 0.05) is 25.8 Å². The zero-order chi connectivity index (χ0) is 13.7. The number of ether oxygens (including phenoxy) is 1. The Balaban J connectivity index is 2.58. The molecule has 0 saturated carbocycles. The average molecular weight is 257 g/mol. The average Bonchev–Trinajstić information content (AvgIpc) is 2.60. The number of hydrogen-bond donors (Lipinski definition) is 2. The Morgan fingerprint density at radius 1 is 1.61 bits per heavy atom.